The molecule has 1 saturated heterocycles. The Balaban J connectivity index is 1.87. The van der Waals surface area contributed by atoms with Crippen LogP contribution >= 0.6 is 0 Å². The second-order valence-corrected chi connectivity index (χ2v) is 5.22. The van der Waals surface area contributed by atoms with E-state index in [1.54, 1.807) is 0 Å². The van der Waals surface area contributed by atoms with E-state index >= 15 is 0 Å². The van der Waals surface area contributed by atoms with Crippen molar-refractivity contribution in [3.63, 3.8) is 0 Å². The number of pyridine rings is 1. The van der Waals surface area contributed by atoms with Gasteiger partial charge in [-0.2, -0.15) is 0 Å². The van der Waals surface area contributed by atoms with Gasteiger partial charge in [0.2, 0.25) is 0 Å². The maximum absolute atomic E-state index is 12.9. The zero-order chi connectivity index (χ0) is 13.0. The molecule has 0 saturated carbocycles. The molecular formula is C15H14FN3. The largest absolute Gasteiger partial charge is 0.365 e. The van der Waals surface area contributed by atoms with Gasteiger partial charge in [0.25, 0.3) is 0 Å². The molecule has 4 rings (SSSR count). The number of fused-ring (bicyclic) bond motifs is 3. The number of benzene rings is 1. The van der Waals surface area contributed by atoms with Crippen LogP contribution in [0.5, 0.6) is 0 Å². The van der Waals surface area contributed by atoms with Gasteiger partial charge in [-0.1, -0.05) is 6.07 Å². The van der Waals surface area contributed by atoms with Crippen molar-refractivity contribution in [1.29, 1.82) is 0 Å². The van der Waals surface area contributed by atoms with Crippen LogP contribution in [0.15, 0.2) is 36.5 Å². The zero-order valence-corrected chi connectivity index (χ0v) is 10.7. The van der Waals surface area contributed by atoms with Crippen LogP contribution in [0.1, 0.15) is 5.56 Å². The van der Waals surface area contributed by atoms with Crippen molar-refractivity contribution in [3.8, 4) is 0 Å². The Labute approximate surface area is 110 Å². The highest BCUT2D eigenvalue weighted by molar-refractivity contribution is 5.82. The molecular weight excluding hydrogens is 240 g/mol. The molecule has 3 aromatic rings. The van der Waals surface area contributed by atoms with Crippen molar-refractivity contribution in [2.45, 2.75) is 13.1 Å². The monoisotopic (exact) mass is 254 g/mol. The van der Waals surface area contributed by atoms with Crippen molar-refractivity contribution in [1.82, 2.24) is 9.38 Å². The van der Waals surface area contributed by atoms with E-state index in [1.807, 2.05) is 29.3 Å². The molecule has 4 heteroatoms. The predicted octanol–water partition coefficient (Wildman–Crippen LogP) is 2.95. The fraction of sp³-hybridized carbons (Fsp3) is 0.267. The van der Waals surface area contributed by atoms with E-state index < -0.39 is 6.17 Å². The molecule has 1 aliphatic heterocycles. The second-order valence-electron chi connectivity index (χ2n) is 5.22. The van der Waals surface area contributed by atoms with Crippen LogP contribution in [-0.4, -0.2) is 28.6 Å². The number of imidazole rings is 1. The van der Waals surface area contributed by atoms with Crippen molar-refractivity contribution in [3.05, 3.63) is 42.1 Å². The third-order valence-electron chi connectivity index (χ3n) is 3.75. The normalized spacial score (nSPS) is 16.2. The Morgan fingerprint density at radius 3 is 2.84 bits per heavy atom. The first-order valence-electron chi connectivity index (χ1n) is 6.48. The van der Waals surface area contributed by atoms with E-state index in [2.05, 4.69) is 28.4 Å². The summed E-state index contributed by atoms with van der Waals surface area (Å²) in [5.74, 6) is 0. The lowest BCUT2D eigenvalue weighted by Gasteiger charge is -2.36. The third-order valence-corrected chi connectivity index (χ3v) is 3.75. The topological polar surface area (TPSA) is 20.5 Å². The highest BCUT2D eigenvalue weighted by Crippen LogP contribution is 2.26. The Kier molecular flexibility index (Phi) is 2.10. The predicted molar refractivity (Wildman–Crippen MR) is 74.5 cm³/mol. The molecule has 0 amide bonds. The molecule has 0 unspecified atom stereocenters. The average Bonchev–Trinajstić information content (AvgIpc) is 2.72. The summed E-state index contributed by atoms with van der Waals surface area (Å²) in [5, 5.41) is 0. The summed E-state index contributed by atoms with van der Waals surface area (Å²) in [4.78, 5) is 6.66. The number of hydrogen-bond donors (Lipinski definition) is 0. The molecule has 0 aliphatic carbocycles. The van der Waals surface area contributed by atoms with Crippen molar-refractivity contribution >= 4 is 22.4 Å². The molecule has 3 nitrogen and oxygen atoms in total. The highest BCUT2D eigenvalue weighted by atomic mass is 18.2. The lowest BCUT2D eigenvalue weighted by atomic mass is 10.1. The zero-order valence-electron chi connectivity index (χ0n) is 10.7. The average molecular weight is 254 g/mol. The fourth-order valence-electron chi connectivity index (χ4n) is 2.64. The molecule has 96 valence electrons. The van der Waals surface area contributed by atoms with Gasteiger partial charge in [0.05, 0.1) is 24.1 Å². The van der Waals surface area contributed by atoms with Gasteiger partial charge in [0, 0.05) is 18.0 Å². The summed E-state index contributed by atoms with van der Waals surface area (Å²) in [5.41, 5.74) is 5.30. The van der Waals surface area contributed by atoms with Gasteiger partial charge in [-0.05, 0) is 30.7 Å². The number of halogens is 1. The first-order chi connectivity index (χ1) is 9.20. The van der Waals surface area contributed by atoms with E-state index in [0.717, 1.165) is 22.4 Å². The maximum atomic E-state index is 12.9. The number of anilines is 1. The summed E-state index contributed by atoms with van der Waals surface area (Å²) < 4.78 is 15.0. The molecule has 1 fully saturated rings. The van der Waals surface area contributed by atoms with E-state index in [9.17, 15) is 4.39 Å². The molecule has 0 atom stereocenters. The Hall–Kier alpha value is -2.10. The van der Waals surface area contributed by atoms with Crippen molar-refractivity contribution in [2.24, 2.45) is 0 Å². The molecule has 2 aromatic heterocycles. The number of hydrogen-bond acceptors (Lipinski definition) is 2. The summed E-state index contributed by atoms with van der Waals surface area (Å²) >= 11 is 0. The number of nitrogens with zero attached hydrogens (tertiary/aromatic N) is 3. The Morgan fingerprint density at radius 2 is 2.05 bits per heavy atom. The van der Waals surface area contributed by atoms with Crippen LogP contribution in [0.3, 0.4) is 0 Å². The molecule has 1 aromatic carbocycles. The molecule has 0 radical (unpaired) electrons. The summed E-state index contributed by atoms with van der Waals surface area (Å²) in [6.45, 7) is 3.07. The Morgan fingerprint density at radius 1 is 1.21 bits per heavy atom. The number of aromatic nitrogens is 2. The van der Waals surface area contributed by atoms with Crippen LogP contribution in [0.4, 0.5) is 10.1 Å². The minimum absolute atomic E-state index is 0.496. The van der Waals surface area contributed by atoms with E-state index in [1.165, 1.54) is 5.56 Å². The van der Waals surface area contributed by atoms with E-state index in [-0.39, 0.29) is 0 Å². The third kappa shape index (κ3) is 1.59. The van der Waals surface area contributed by atoms with Gasteiger partial charge in [-0.3, -0.25) is 4.40 Å². The first kappa shape index (κ1) is 10.8. The second kappa shape index (κ2) is 3.70. The lowest BCUT2D eigenvalue weighted by Crippen LogP contribution is -2.48. The molecule has 0 bridgehead atoms. The Bertz CT molecular complexity index is 772. The van der Waals surface area contributed by atoms with Gasteiger partial charge >= 0.3 is 0 Å². The van der Waals surface area contributed by atoms with E-state index in [0.29, 0.717) is 13.1 Å². The quantitative estimate of drug-likeness (QED) is 0.665. The summed E-state index contributed by atoms with van der Waals surface area (Å²) in [6.07, 6.45) is 1.34. The molecule has 1 aliphatic rings. The standard InChI is InChI=1S/C15H14FN3/c1-10-2-3-13-14(6-10)19-5-4-12(7-15(19)17-13)18-8-11(16)9-18/h2-7,11H,8-9H2,1H3/i16-1. The smallest absolute Gasteiger partial charge is 0.139 e. The van der Waals surface area contributed by atoms with Gasteiger partial charge < -0.3 is 4.90 Å². The van der Waals surface area contributed by atoms with Gasteiger partial charge in [-0.15, -0.1) is 0 Å². The van der Waals surface area contributed by atoms with Crippen LogP contribution in [0.25, 0.3) is 16.7 Å². The van der Waals surface area contributed by atoms with Crippen molar-refractivity contribution in [2.75, 3.05) is 18.0 Å². The van der Waals surface area contributed by atoms with Gasteiger partial charge in [0.1, 0.15) is 11.8 Å². The minimum atomic E-state index is -0.683. The first-order valence-corrected chi connectivity index (χ1v) is 6.48. The lowest BCUT2D eigenvalue weighted by molar-refractivity contribution is 0.275. The maximum Gasteiger partial charge on any atom is 0.139 e. The van der Waals surface area contributed by atoms with Crippen LogP contribution in [-0.2, 0) is 0 Å². The van der Waals surface area contributed by atoms with Crippen LogP contribution < -0.4 is 4.90 Å². The van der Waals surface area contributed by atoms with Gasteiger partial charge in [0.15, 0.2) is 0 Å². The molecule has 0 N–H and O–H groups in total. The minimum Gasteiger partial charge on any atom is -0.365 e. The van der Waals surface area contributed by atoms with E-state index in [4.69, 9.17) is 0 Å². The highest BCUT2D eigenvalue weighted by Gasteiger charge is 2.26. The van der Waals surface area contributed by atoms with Crippen LogP contribution in [0.2, 0.25) is 0 Å². The number of aryl methyl sites for hydroxylation is 1. The summed E-state index contributed by atoms with van der Waals surface area (Å²) in [6, 6.07) is 10.3. The molecule has 0 spiro atoms. The van der Waals surface area contributed by atoms with Crippen molar-refractivity contribution < 1.29 is 4.39 Å². The van der Waals surface area contributed by atoms with Gasteiger partial charge in [-0.25, -0.2) is 9.37 Å². The molecule has 19 heavy (non-hydrogen) atoms. The number of rotatable bonds is 1. The summed E-state index contributed by atoms with van der Waals surface area (Å²) in [7, 11) is 0. The number of alkyl halides is 1. The fourth-order valence-corrected chi connectivity index (χ4v) is 2.64. The SMILES string of the molecule is Cc1ccc2nc3cc(N4CC([18F])C4)ccn3c2c1. The molecule has 3 heterocycles. The van der Waals surface area contributed by atoms with Crippen LogP contribution in [0, 0.1) is 6.92 Å².